The van der Waals surface area contributed by atoms with Crippen molar-refractivity contribution in [3.05, 3.63) is 24.4 Å². The van der Waals surface area contributed by atoms with Crippen molar-refractivity contribution in [2.24, 2.45) is 5.92 Å². The van der Waals surface area contributed by atoms with Crippen LogP contribution in [-0.4, -0.2) is 35.2 Å². The first-order chi connectivity index (χ1) is 9.54. The van der Waals surface area contributed by atoms with Crippen LogP contribution in [-0.2, 0) is 10.0 Å². The summed E-state index contributed by atoms with van der Waals surface area (Å²) in [4.78, 5) is 4.12. The van der Waals surface area contributed by atoms with Crippen molar-refractivity contribution in [2.75, 3.05) is 18.8 Å². The second-order valence-electron chi connectivity index (χ2n) is 5.16. The van der Waals surface area contributed by atoms with E-state index in [-0.39, 0.29) is 10.8 Å². The predicted octanol–water partition coefficient (Wildman–Crippen LogP) is 1.34. The maximum atomic E-state index is 12.8. The molecule has 1 atom stereocenters. The molecule has 0 radical (unpaired) electrons. The summed E-state index contributed by atoms with van der Waals surface area (Å²) in [7, 11) is -3.59. The van der Waals surface area contributed by atoms with Gasteiger partial charge >= 0.3 is 0 Å². The van der Waals surface area contributed by atoms with Crippen molar-refractivity contribution >= 4 is 21.5 Å². The van der Waals surface area contributed by atoms with E-state index in [1.54, 1.807) is 28.8 Å². The summed E-state index contributed by atoms with van der Waals surface area (Å²) in [5.74, 6) is 0.501. The maximum Gasteiger partial charge on any atom is 0.262 e. The van der Waals surface area contributed by atoms with Crippen molar-refractivity contribution in [3.63, 3.8) is 0 Å². The Balaban J connectivity index is 2.08. The number of hydrogen-bond acceptors (Lipinski definition) is 4. The Morgan fingerprint density at radius 2 is 2.25 bits per heavy atom. The molecule has 0 bridgehead atoms. The molecular weight excluding hydrogens is 276 g/mol. The molecule has 2 N–H and O–H groups in total. The molecule has 3 heterocycles. The summed E-state index contributed by atoms with van der Waals surface area (Å²) >= 11 is 0. The molecule has 2 aromatic rings. The molecule has 1 aliphatic heterocycles. The zero-order valence-corrected chi connectivity index (χ0v) is 12.2. The zero-order valence-electron chi connectivity index (χ0n) is 11.4. The summed E-state index contributed by atoms with van der Waals surface area (Å²) < 4.78 is 28.6. The summed E-state index contributed by atoms with van der Waals surface area (Å²) in [5, 5.41) is 0.0878. The van der Waals surface area contributed by atoms with Crippen LogP contribution in [0.2, 0.25) is 0 Å². The minimum atomic E-state index is -3.59. The van der Waals surface area contributed by atoms with E-state index in [2.05, 4.69) is 11.9 Å². The van der Waals surface area contributed by atoms with Gasteiger partial charge in [0.15, 0.2) is 10.8 Å². The van der Waals surface area contributed by atoms with Crippen LogP contribution in [0, 0.1) is 5.92 Å². The highest BCUT2D eigenvalue weighted by Gasteiger charge is 2.35. The minimum Gasteiger partial charge on any atom is -0.381 e. The first-order valence-electron chi connectivity index (χ1n) is 6.76. The van der Waals surface area contributed by atoms with Gasteiger partial charge in [-0.3, -0.25) is 4.40 Å². The lowest BCUT2D eigenvalue weighted by atomic mass is 10.1. The van der Waals surface area contributed by atoms with Gasteiger partial charge in [0.1, 0.15) is 5.65 Å². The van der Waals surface area contributed by atoms with Gasteiger partial charge in [-0.15, -0.1) is 0 Å². The number of rotatable bonds is 3. The smallest absolute Gasteiger partial charge is 0.262 e. The van der Waals surface area contributed by atoms with Crippen LogP contribution in [0.15, 0.2) is 29.4 Å². The van der Waals surface area contributed by atoms with Gasteiger partial charge in [0.25, 0.3) is 10.0 Å². The normalized spacial score (nSPS) is 20.8. The fraction of sp³-hybridized carbons (Fsp3) is 0.462. The second kappa shape index (κ2) is 4.75. The number of nitrogen functional groups attached to an aromatic ring is 1. The fourth-order valence-electron chi connectivity index (χ4n) is 2.72. The van der Waals surface area contributed by atoms with Gasteiger partial charge in [0.2, 0.25) is 0 Å². The topological polar surface area (TPSA) is 80.7 Å². The average molecular weight is 294 g/mol. The monoisotopic (exact) mass is 294 g/mol. The number of aromatic nitrogens is 2. The van der Waals surface area contributed by atoms with Crippen LogP contribution in [0.5, 0.6) is 0 Å². The zero-order chi connectivity index (χ0) is 14.3. The van der Waals surface area contributed by atoms with E-state index in [0.29, 0.717) is 24.7 Å². The molecule has 0 aromatic carbocycles. The van der Waals surface area contributed by atoms with Crippen molar-refractivity contribution in [1.29, 1.82) is 0 Å². The number of sulfonamides is 1. The third kappa shape index (κ3) is 1.97. The molecule has 20 heavy (non-hydrogen) atoms. The molecule has 7 heteroatoms. The Kier molecular flexibility index (Phi) is 3.18. The molecule has 1 saturated heterocycles. The molecular formula is C13H18N4O2S. The number of nitrogens with two attached hydrogens (primary N) is 1. The molecule has 2 aromatic heterocycles. The summed E-state index contributed by atoms with van der Waals surface area (Å²) in [6, 6.07) is 5.32. The van der Waals surface area contributed by atoms with Crippen LogP contribution < -0.4 is 5.73 Å². The van der Waals surface area contributed by atoms with E-state index in [4.69, 9.17) is 5.73 Å². The van der Waals surface area contributed by atoms with Crippen molar-refractivity contribution in [1.82, 2.24) is 13.7 Å². The molecule has 1 fully saturated rings. The Hall–Kier alpha value is -1.60. The van der Waals surface area contributed by atoms with Gasteiger partial charge in [0, 0.05) is 19.3 Å². The Morgan fingerprint density at radius 1 is 1.45 bits per heavy atom. The summed E-state index contributed by atoms with van der Waals surface area (Å²) in [6.07, 6.45) is 3.58. The van der Waals surface area contributed by atoms with Crippen LogP contribution >= 0.6 is 0 Å². The third-order valence-electron chi connectivity index (χ3n) is 3.92. The van der Waals surface area contributed by atoms with E-state index >= 15 is 0 Å². The summed E-state index contributed by atoms with van der Waals surface area (Å²) in [5.41, 5.74) is 6.39. The predicted molar refractivity (Wildman–Crippen MR) is 76.8 cm³/mol. The standard InChI is InChI=1S/C13H18N4O2S/c1-2-10-6-8-16(9-10)20(18,19)13-12(14)15-11-5-3-4-7-17(11)13/h3-5,7,10H,2,6,8-9,14H2,1H3. The van der Waals surface area contributed by atoms with E-state index in [1.165, 1.54) is 4.31 Å². The van der Waals surface area contributed by atoms with Gasteiger partial charge in [0.05, 0.1) is 0 Å². The van der Waals surface area contributed by atoms with Gasteiger partial charge < -0.3 is 5.73 Å². The van der Waals surface area contributed by atoms with Crippen LogP contribution in [0.4, 0.5) is 5.82 Å². The van der Waals surface area contributed by atoms with Gasteiger partial charge in [-0.25, -0.2) is 13.4 Å². The third-order valence-corrected chi connectivity index (χ3v) is 5.83. The van der Waals surface area contributed by atoms with Crippen LogP contribution in [0.1, 0.15) is 19.8 Å². The molecule has 6 nitrogen and oxygen atoms in total. The number of pyridine rings is 1. The highest BCUT2D eigenvalue weighted by atomic mass is 32.2. The summed E-state index contributed by atoms with van der Waals surface area (Å²) in [6.45, 7) is 3.21. The molecule has 1 unspecified atom stereocenters. The van der Waals surface area contributed by atoms with Crippen LogP contribution in [0.25, 0.3) is 5.65 Å². The molecule has 0 saturated carbocycles. The number of anilines is 1. The van der Waals surface area contributed by atoms with E-state index in [9.17, 15) is 8.42 Å². The largest absolute Gasteiger partial charge is 0.381 e. The fourth-order valence-corrected chi connectivity index (χ4v) is 4.43. The number of imidazole rings is 1. The van der Waals surface area contributed by atoms with Crippen molar-refractivity contribution in [3.8, 4) is 0 Å². The Morgan fingerprint density at radius 3 is 2.95 bits per heavy atom. The molecule has 108 valence electrons. The molecule has 1 aliphatic rings. The van der Waals surface area contributed by atoms with Crippen molar-refractivity contribution in [2.45, 2.75) is 24.8 Å². The SMILES string of the molecule is CCC1CCN(S(=O)(=O)c2c(N)nc3ccccn23)C1. The highest BCUT2D eigenvalue weighted by molar-refractivity contribution is 7.89. The Bertz CT molecular complexity index is 738. The van der Waals surface area contributed by atoms with Gasteiger partial charge in [-0.2, -0.15) is 4.31 Å². The lowest BCUT2D eigenvalue weighted by Gasteiger charge is -2.16. The average Bonchev–Trinajstić information content (AvgIpc) is 3.01. The number of nitrogens with zero attached hydrogens (tertiary/aromatic N) is 3. The lowest BCUT2D eigenvalue weighted by Crippen LogP contribution is -2.30. The van der Waals surface area contributed by atoms with Gasteiger partial charge in [-0.05, 0) is 24.5 Å². The van der Waals surface area contributed by atoms with Gasteiger partial charge in [-0.1, -0.05) is 19.4 Å². The molecule has 0 spiro atoms. The first kappa shape index (κ1) is 13.4. The number of hydrogen-bond donors (Lipinski definition) is 1. The van der Waals surface area contributed by atoms with Crippen LogP contribution in [0.3, 0.4) is 0 Å². The maximum absolute atomic E-state index is 12.8. The number of fused-ring (bicyclic) bond motifs is 1. The van der Waals surface area contributed by atoms with E-state index < -0.39 is 10.0 Å². The van der Waals surface area contributed by atoms with E-state index in [0.717, 1.165) is 12.8 Å². The highest BCUT2D eigenvalue weighted by Crippen LogP contribution is 2.29. The Labute approximate surface area is 118 Å². The molecule has 0 aliphatic carbocycles. The second-order valence-corrected chi connectivity index (χ2v) is 7.01. The minimum absolute atomic E-state index is 0.0659. The molecule has 3 rings (SSSR count). The lowest BCUT2D eigenvalue weighted by molar-refractivity contribution is 0.450. The quantitative estimate of drug-likeness (QED) is 0.926. The first-order valence-corrected chi connectivity index (χ1v) is 8.20. The molecule has 0 amide bonds. The van der Waals surface area contributed by atoms with E-state index in [1.807, 2.05) is 0 Å². The van der Waals surface area contributed by atoms with Crippen molar-refractivity contribution < 1.29 is 8.42 Å².